The number of carboxylic acid groups (broad SMARTS) is 1. The summed E-state index contributed by atoms with van der Waals surface area (Å²) in [7, 11) is 0. The minimum Gasteiger partial charge on any atom is -0.480 e. The van der Waals surface area contributed by atoms with Crippen LogP contribution in [0.2, 0.25) is 0 Å². The first-order valence-electron chi connectivity index (χ1n) is 3.81. The molecule has 0 radical (unpaired) electrons. The van der Waals surface area contributed by atoms with Crippen LogP contribution in [0.3, 0.4) is 0 Å². The summed E-state index contributed by atoms with van der Waals surface area (Å²) in [5.74, 6) is -0.982. The van der Waals surface area contributed by atoms with Crippen LogP contribution in [-0.4, -0.2) is 16.6 Å². The first-order valence-corrected chi connectivity index (χ1v) is 3.81. The second-order valence-corrected chi connectivity index (χ2v) is 2.78. The summed E-state index contributed by atoms with van der Waals surface area (Å²) in [4.78, 5) is 10.7. The van der Waals surface area contributed by atoms with Crippen LogP contribution < -0.4 is 5.73 Å². The van der Waals surface area contributed by atoms with Crippen LogP contribution >= 0.6 is 0 Å². The SMILES string of the molecule is C=CCCC(N)(CC=C)C(=O)O. The van der Waals surface area contributed by atoms with E-state index in [1.807, 2.05) is 0 Å². The van der Waals surface area contributed by atoms with Gasteiger partial charge in [-0.05, 0) is 19.3 Å². The fraction of sp³-hybridized carbons (Fsp3) is 0.444. The Labute approximate surface area is 72.6 Å². The molecule has 0 aliphatic heterocycles. The van der Waals surface area contributed by atoms with Crippen LogP contribution in [0.5, 0.6) is 0 Å². The van der Waals surface area contributed by atoms with Gasteiger partial charge in [-0.2, -0.15) is 0 Å². The fourth-order valence-corrected chi connectivity index (χ4v) is 0.913. The Kier molecular flexibility index (Phi) is 4.29. The van der Waals surface area contributed by atoms with Crippen molar-refractivity contribution >= 4 is 5.97 Å². The molecule has 0 bridgehead atoms. The minimum absolute atomic E-state index is 0.288. The molecule has 0 saturated carbocycles. The van der Waals surface area contributed by atoms with Crippen molar-refractivity contribution in [3.05, 3.63) is 25.3 Å². The molecule has 0 aromatic carbocycles. The van der Waals surface area contributed by atoms with Crippen LogP contribution in [-0.2, 0) is 4.79 Å². The zero-order valence-electron chi connectivity index (χ0n) is 7.12. The summed E-state index contributed by atoms with van der Waals surface area (Å²) >= 11 is 0. The lowest BCUT2D eigenvalue weighted by molar-refractivity contribution is -0.143. The molecule has 0 spiro atoms. The average Bonchev–Trinajstić information content (AvgIpc) is 2.01. The van der Waals surface area contributed by atoms with Gasteiger partial charge >= 0.3 is 5.97 Å². The predicted octanol–water partition coefficient (Wildman–Crippen LogP) is 1.31. The van der Waals surface area contributed by atoms with E-state index in [1.54, 1.807) is 6.08 Å². The Bertz CT molecular complexity index is 189. The van der Waals surface area contributed by atoms with Gasteiger partial charge in [-0.3, -0.25) is 4.79 Å². The van der Waals surface area contributed by atoms with E-state index in [-0.39, 0.29) is 6.42 Å². The molecule has 3 N–H and O–H groups in total. The molecule has 68 valence electrons. The predicted molar refractivity (Wildman–Crippen MR) is 48.8 cm³/mol. The molecule has 12 heavy (non-hydrogen) atoms. The van der Waals surface area contributed by atoms with Gasteiger partial charge in [0.2, 0.25) is 0 Å². The van der Waals surface area contributed by atoms with Gasteiger partial charge in [-0.15, -0.1) is 13.2 Å². The zero-order valence-corrected chi connectivity index (χ0v) is 7.12. The Balaban J connectivity index is 4.26. The van der Waals surface area contributed by atoms with Gasteiger partial charge in [0, 0.05) is 0 Å². The largest absolute Gasteiger partial charge is 0.480 e. The maximum Gasteiger partial charge on any atom is 0.324 e. The summed E-state index contributed by atoms with van der Waals surface area (Å²) in [5.41, 5.74) is 4.45. The molecule has 0 aliphatic carbocycles. The van der Waals surface area contributed by atoms with Crippen LogP contribution in [0.1, 0.15) is 19.3 Å². The van der Waals surface area contributed by atoms with E-state index in [9.17, 15) is 4.79 Å². The lowest BCUT2D eigenvalue weighted by Gasteiger charge is -2.22. The van der Waals surface area contributed by atoms with Crippen LogP contribution in [0.25, 0.3) is 0 Å². The number of carboxylic acids is 1. The van der Waals surface area contributed by atoms with Crippen molar-refractivity contribution in [2.24, 2.45) is 5.73 Å². The number of carbonyl (C=O) groups is 1. The van der Waals surface area contributed by atoms with E-state index < -0.39 is 11.5 Å². The minimum atomic E-state index is -1.17. The first kappa shape index (κ1) is 10.9. The van der Waals surface area contributed by atoms with Gasteiger partial charge in [0.1, 0.15) is 5.54 Å². The highest BCUT2D eigenvalue weighted by molar-refractivity contribution is 5.78. The summed E-state index contributed by atoms with van der Waals surface area (Å²) < 4.78 is 0. The van der Waals surface area contributed by atoms with Gasteiger partial charge in [0.15, 0.2) is 0 Å². The highest BCUT2D eigenvalue weighted by Crippen LogP contribution is 2.15. The number of hydrogen-bond acceptors (Lipinski definition) is 2. The lowest BCUT2D eigenvalue weighted by atomic mass is 9.91. The van der Waals surface area contributed by atoms with E-state index in [2.05, 4.69) is 13.2 Å². The summed E-state index contributed by atoms with van der Waals surface area (Å²) in [5, 5.41) is 8.78. The van der Waals surface area contributed by atoms with Crippen LogP contribution in [0, 0.1) is 0 Å². The maximum atomic E-state index is 10.7. The van der Waals surface area contributed by atoms with Crippen molar-refractivity contribution in [2.75, 3.05) is 0 Å². The number of nitrogens with two attached hydrogens (primary N) is 1. The Morgan fingerprint density at radius 1 is 1.50 bits per heavy atom. The number of rotatable bonds is 6. The van der Waals surface area contributed by atoms with Gasteiger partial charge in [-0.1, -0.05) is 12.2 Å². The molecule has 0 aromatic rings. The number of allylic oxidation sites excluding steroid dienone is 1. The lowest BCUT2D eigenvalue weighted by Crippen LogP contribution is -2.47. The molecule has 1 atom stereocenters. The van der Waals surface area contributed by atoms with Gasteiger partial charge < -0.3 is 10.8 Å². The standard InChI is InChI=1S/C9H15NO2/c1-3-5-7-9(10,6-4-2)8(11)12/h3-4H,1-2,5-7,10H2,(H,11,12). The average molecular weight is 169 g/mol. The van der Waals surface area contributed by atoms with Crippen LogP contribution in [0.4, 0.5) is 0 Å². The second kappa shape index (κ2) is 4.72. The second-order valence-electron chi connectivity index (χ2n) is 2.78. The fourth-order valence-electron chi connectivity index (χ4n) is 0.913. The number of aliphatic carboxylic acids is 1. The van der Waals surface area contributed by atoms with Crippen molar-refractivity contribution in [2.45, 2.75) is 24.8 Å². The van der Waals surface area contributed by atoms with Crippen molar-refractivity contribution in [3.63, 3.8) is 0 Å². The maximum absolute atomic E-state index is 10.7. The molecule has 0 saturated heterocycles. The molecular weight excluding hydrogens is 154 g/mol. The topological polar surface area (TPSA) is 63.3 Å². The molecule has 0 aromatic heterocycles. The molecule has 3 heteroatoms. The molecule has 0 amide bonds. The van der Waals surface area contributed by atoms with Gasteiger partial charge in [-0.25, -0.2) is 0 Å². The third-order valence-electron chi connectivity index (χ3n) is 1.73. The van der Waals surface area contributed by atoms with E-state index >= 15 is 0 Å². The summed E-state index contributed by atoms with van der Waals surface area (Å²) in [6.45, 7) is 6.98. The van der Waals surface area contributed by atoms with E-state index in [0.717, 1.165) is 0 Å². The van der Waals surface area contributed by atoms with E-state index in [1.165, 1.54) is 6.08 Å². The molecule has 0 fully saturated rings. The Morgan fingerprint density at radius 2 is 2.08 bits per heavy atom. The monoisotopic (exact) mass is 169 g/mol. The third kappa shape index (κ3) is 2.88. The highest BCUT2D eigenvalue weighted by Gasteiger charge is 2.31. The van der Waals surface area contributed by atoms with E-state index in [0.29, 0.717) is 12.8 Å². The summed E-state index contributed by atoms with van der Waals surface area (Å²) in [6, 6.07) is 0. The molecule has 0 heterocycles. The van der Waals surface area contributed by atoms with Gasteiger partial charge in [0.05, 0.1) is 0 Å². The van der Waals surface area contributed by atoms with Crippen molar-refractivity contribution in [1.82, 2.24) is 0 Å². The van der Waals surface area contributed by atoms with Crippen molar-refractivity contribution in [1.29, 1.82) is 0 Å². The molecule has 1 unspecified atom stereocenters. The van der Waals surface area contributed by atoms with Crippen molar-refractivity contribution < 1.29 is 9.90 Å². The summed E-state index contributed by atoms with van der Waals surface area (Å²) in [6.07, 6.45) is 4.48. The van der Waals surface area contributed by atoms with Crippen molar-refractivity contribution in [3.8, 4) is 0 Å². The highest BCUT2D eigenvalue weighted by atomic mass is 16.4. The third-order valence-corrected chi connectivity index (χ3v) is 1.73. The normalized spacial score (nSPS) is 14.8. The van der Waals surface area contributed by atoms with Gasteiger partial charge in [0.25, 0.3) is 0 Å². The quantitative estimate of drug-likeness (QED) is 0.589. The van der Waals surface area contributed by atoms with Crippen LogP contribution in [0.15, 0.2) is 25.3 Å². The molecule has 3 nitrogen and oxygen atoms in total. The molecule has 0 aliphatic rings. The first-order chi connectivity index (χ1) is 5.56. The smallest absolute Gasteiger partial charge is 0.324 e. The van der Waals surface area contributed by atoms with E-state index in [4.69, 9.17) is 10.8 Å². The Hall–Kier alpha value is -1.09. The Morgan fingerprint density at radius 3 is 2.42 bits per heavy atom. The zero-order chi connectivity index (χ0) is 9.61. The number of hydrogen-bond donors (Lipinski definition) is 2. The molecular formula is C9H15NO2. The molecule has 0 rings (SSSR count).